The Morgan fingerprint density at radius 2 is 2.14 bits per heavy atom. The molecule has 2 aromatic heterocycles. The summed E-state index contributed by atoms with van der Waals surface area (Å²) < 4.78 is 4.14. The van der Waals surface area contributed by atoms with Crippen LogP contribution in [0.2, 0.25) is 0 Å². The highest BCUT2D eigenvalue weighted by Crippen LogP contribution is 2.43. The molecule has 2 aromatic rings. The van der Waals surface area contributed by atoms with E-state index in [9.17, 15) is 4.79 Å². The number of fused-ring (bicyclic) bond motifs is 1. The highest BCUT2D eigenvalue weighted by atomic mass is 16.2. The van der Waals surface area contributed by atoms with Gasteiger partial charge in [-0.25, -0.2) is 9.97 Å². The van der Waals surface area contributed by atoms with Gasteiger partial charge in [0.2, 0.25) is 5.91 Å². The number of imidazole rings is 2. The lowest BCUT2D eigenvalue weighted by Gasteiger charge is -2.53. The molecule has 8 heteroatoms. The topological polar surface area (TPSA) is 71.2 Å². The van der Waals surface area contributed by atoms with Gasteiger partial charge in [-0.1, -0.05) is 0 Å². The SMILES string of the molecule is CN1CC[C@]2(C(=O)NCCCn3ccnc3)CCCN(Cc3nccn3C)[C@H]2C1. The second kappa shape index (κ2) is 8.67. The predicted molar refractivity (Wildman–Crippen MR) is 111 cm³/mol. The second-order valence-corrected chi connectivity index (χ2v) is 8.62. The Bertz CT molecular complexity index is 802. The lowest BCUT2D eigenvalue weighted by atomic mass is 9.67. The van der Waals surface area contributed by atoms with E-state index in [0.29, 0.717) is 6.54 Å². The highest BCUT2D eigenvalue weighted by Gasteiger charge is 2.52. The number of piperidine rings is 2. The molecule has 158 valence electrons. The standard InChI is InChI=1S/C21H33N7O/c1-25-12-6-21(20(29)24-7-4-10-27-14-8-22-17-27)5-3-11-28(18(21)15-25)16-19-23-9-13-26(19)2/h8-9,13-14,17-18H,3-7,10-12,15-16H2,1-2H3,(H,24,29)/t18-,21+/m0/s1. The molecule has 4 rings (SSSR count). The number of carbonyl (C=O) groups excluding carboxylic acids is 1. The van der Waals surface area contributed by atoms with Gasteiger partial charge < -0.3 is 19.4 Å². The maximum absolute atomic E-state index is 13.4. The molecule has 0 aromatic carbocycles. The summed E-state index contributed by atoms with van der Waals surface area (Å²) in [7, 11) is 4.21. The largest absolute Gasteiger partial charge is 0.356 e. The Labute approximate surface area is 172 Å². The van der Waals surface area contributed by atoms with Crippen LogP contribution in [0.25, 0.3) is 0 Å². The van der Waals surface area contributed by atoms with E-state index in [-0.39, 0.29) is 17.4 Å². The fourth-order valence-electron chi connectivity index (χ4n) is 4.98. The number of nitrogens with zero attached hydrogens (tertiary/aromatic N) is 6. The number of hydrogen-bond donors (Lipinski definition) is 1. The molecule has 1 amide bonds. The van der Waals surface area contributed by atoms with Crippen LogP contribution in [0.5, 0.6) is 0 Å². The average Bonchev–Trinajstić information content (AvgIpc) is 3.38. The third kappa shape index (κ3) is 4.23. The van der Waals surface area contributed by atoms with E-state index in [1.54, 1.807) is 6.20 Å². The predicted octanol–water partition coefficient (Wildman–Crippen LogP) is 1.11. The van der Waals surface area contributed by atoms with E-state index in [2.05, 4.69) is 41.3 Å². The molecule has 1 N–H and O–H groups in total. The molecule has 0 aliphatic carbocycles. The normalized spacial score (nSPS) is 25.7. The molecule has 0 spiro atoms. The molecule has 29 heavy (non-hydrogen) atoms. The van der Waals surface area contributed by atoms with Crippen molar-refractivity contribution in [1.29, 1.82) is 0 Å². The molecule has 2 aliphatic rings. The zero-order chi connectivity index (χ0) is 20.3. The van der Waals surface area contributed by atoms with Crippen LogP contribution in [0.3, 0.4) is 0 Å². The first kappa shape index (κ1) is 20.1. The van der Waals surface area contributed by atoms with Gasteiger partial charge in [-0.3, -0.25) is 9.69 Å². The van der Waals surface area contributed by atoms with Gasteiger partial charge >= 0.3 is 0 Å². The molecule has 0 saturated carbocycles. The van der Waals surface area contributed by atoms with Crippen LogP contribution >= 0.6 is 0 Å². The maximum Gasteiger partial charge on any atom is 0.227 e. The molecule has 2 fully saturated rings. The van der Waals surface area contributed by atoms with Crippen molar-refractivity contribution < 1.29 is 4.79 Å². The summed E-state index contributed by atoms with van der Waals surface area (Å²) in [6.07, 6.45) is 13.3. The Kier molecular flexibility index (Phi) is 6.01. The van der Waals surface area contributed by atoms with Crippen LogP contribution in [-0.2, 0) is 24.9 Å². The average molecular weight is 400 g/mol. The first-order valence-electron chi connectivity index (χ1n) is 10.7. The van der Waals surface area contributed by atoms with Gasteiger partial charge in [-0.15, -0.1) is 0 Å². The van der Waals surface area contributed by atoms with Crippen LogP contribution in [0.4, 0.5) is 0 Å². The summed E-state index contributed by atoms with van der Waals surface area (Å²) >= 11 is 0. The number of likely N-dealkylation sites (N-methyl/N-ethyl adjacent to an activating group) is 1. The number of nitrogens with one attached hydrogen (secondary N) is 1. The van der Waals surface area contributed by atoms with Crippen LogP contribution in [0, 0.1) is 5.41 Å². The smallest absolute Gasteiger partial charge is 0.227 e. The fraction of sp³-hybridized carbons (Fsp3) is 0.667. The summed E-state index contributed by atoms with van der Waals surface area (Å²) in [5, 5.41) is 3.27. The molecule has 0 unspecified atom stereocenters. The number of rotatable bonds is 7. The summed E-state index contributed by atoms with van der Waals surface area (Å²) in [5.41, 5.74) is -0.287. The van der Waals surface area contributed by atoms with E-state index < -0.39 is 0 Å². The summed E-state index contributed by atoms with van der Waals surface area (Å²) in [4.78, 5) is 26.9. The van der Waals surface area contributed by atoms with Crippen molar-refractivity contribution in [2.75, 3.05) is 33.2 Å². The molecule has 2 aliphatic heterocycles. The molecule has 8 nitrogen and oxygen atoms in total. The lowest BCUT2D eigenvalue weighted by molar-refractivity contribution is -0.145. The Hall–Kier alpha value is -2.19. The Balaban J connectivity index is 1.43. The fourth-order valence-corrected chi connectivity index (χ4v) is 4.98. The van der Waals surface area contributed by atoms with Gasteiger partial charge in [0.25, 0.3) is 0 Å². The zero-order valence-electron chi connectivity index (χ0n) is 17.6. The van der Waals surface area contributed by atoms with Crippen molar-refractivity contribution in [2.24, 2.45) is 12.5 Å². The third-order valence-corrected chi connectivity index (χ3v) is 6.73. The number of aromatic nitrogens is 4. The van der Waals surface area contributed by atoms with Crippen molar-refractivity contribution in [3.63, 3.8) is 0 Å². The molecule has 0 radical (unpaired) electrons. The monoisotopic (exact) mass is 399 g/mol. The molecular formula is C21H33N7O. The number of hydrogen-bond acceptors (Lipinski definition) is 5. The van der Waals surface area contributed by atoms with E-state index in [0.717, 1.165) is 64.2 Å². The number of amides is 1. The van der Waals surface area contributed by atoms with E-state index in [4.69, 9.17) is 0 Å². The van der Waals surface area contributed by atoms with Gasteiger partial charge in [-0.2, -0.15) is 0 Å². The maximum atomic E-state index is 13.4. The van der Waals surface area contributed by atoms with Crippen molar-refractivity contribution in [1.82, 2.24) is 34.2 Å². The molecule has 4 heterocycles. The second-order valence-electron chi connectivity index (χ2n) is 8.62. The molecular weight excluding hydrogens is 366 g/mol. The van der Waals surface area contributed by atoms with Crippen LogP contribution in [-0.4, -0.2) is 74.1 Å². The van der Waals surface area contributed by atoms with Gasteiger partial charge in [-0.05, 0) is 45.8 Å². The van der Waals surface area contributed by atoms with Gasteiger partial charge in [0.15, 0.2) is 0 Å². The first-order chi connectivity index (χ1) is 14.1. The molecule has 2 atom stereocenters. The zero-order valence-corrected chi connectivity index (χ0v) is 17.6. The Morgan fingerprint density at radius 1 is 1.24 bits per heavy atom. The Morgan fingerprint density at radius 3 is 2.90 bits per heavy atom. The molecule has 0 bridgehead atoms. The first-order valence-corrected chi connectivity index (χ1v) is 10.7. The minimum atomic E-state index is -0.287. The van der Waals surface area contributed by atoms with Gasteiger partial charge in [0.1, 0.15) is 5.82 Å². The summed E-state index contributed by atoms with van der Waals surface area (Å²) in [6.45, 7) is 5.34. The van der Waals surface area contributed by atoms with Gasteiger partial charge in [0, 0.05) is 57.5 Å². The quantitative estimate of drug-likeness (QED) is 0.707. The number of likely N-dealkylation sites (tertiary alicyclic amines) is 2. The van der Waals surface area contributed by atoms with Crippen LogP contribution < -0.4 is 5.32 Å². The number of carbonyl (C=O) groups is 1. The molecule has 2 saturated heterocycles. The lowest BCUT2D eigenvalue weighted by Crippen LogP contribution is -2.65. The van der Waals surface area contributed by atoms with E-state index in [1.807, 2.05) is 32.0 Å². The minimum Gasteiger partial charge on any atom is -0.356 e. The van der Waals surface area contributed by atoms with E-state index >= 15 is 0 Å². The third-order valence-electron chi connectivity index (χ3n) is 6.73. The minimum absolute atomic E-state index is 0.236. The highest BCUT2D eigenvalue weighted by molar-refractivity contribution is 5.83. The van der Waals surface area contributed by atoms with E-state index in [1.165, 1.54) is 0 Å². The van der Waals surface area contributed by atoms with Crippen molar-refractivity contribution in [2.45, 2.75) is 44.8 Å². The van der Waals surface area contributed by atoms with Crippen molar-refractivity contribution in [3.05, 3.63) is 36.9 Å². The van der Waals surface area contributed by atoms with Gasteiger partial charge in [0.05, 0.1) is 18.3 Å². The van der Waals surface area contributed by atoms with Crippen molar-refractivity contribution >= 4 is 5.91 Å². The van der Waals surface area contributed by atoms with Crippen LogP contribution in [0.15, 0.2) is 31.1 Å². The van der Waals surface area contributed by atoms with Crippen molar-refractivity contribution in [3.8, 4) is 0 Å². The summed E-state index contributed by atoms with van der Waals surface area (Å²) in [6, 6.07) is 0.236. The van der Waals surface area contributed by atoms with Crippen LogP contribution in [0.1, 0.15) is 31.5 Å². The summed E-state index contributed by atoms with van der Waals surface area (Å²) in [5.74, 6) is 1.31. The number of aryl methyl sites for hydroxylation is 2.